The van der Waals surface area contributed by atoms with E-state index in [1.165, 1.54) is 27.6 Å². The summed E-state index contributed by atoms with van der Waals surface area (Å²) in [6.45, 7) is 5.85. The average Bonchev–Trinajstić information content (AvgIpc) is 3.59. The SMILES string of the molecule is CN(Cc1cccc(CC(=O)Nc2nnc(CCCCc3nnc(NC(=O)Cc4ccccc4)s3)s2)c1)C(=O)OC(C)(C)C. The van der Waals surface area contributed by atoms with Gasteiger partial charge in [-0.1, -0.05) is 77.3 Å². The maximum Gasteiger partial charge on any atom is 0.410 e. The van der Waals surface area contributed by atoms with Gasteiger partial charge in [0, 0.05) is 26.4 Å². The molecule has 0 saturated heterocycles. The molecule has 3 amide bonds. The van der Waals surface area contributed by atoms with Crippen molar-refractivity contribution in [2.45, 2.75) is 71.4 Å². The summed E-state index contributed by atoms with van der Waals surface area (Å²) in [6.07, 6.45) is 3.32. The number of hydrogen-bond donors (Lipinski definition) is 2. The Morgan fingerprint density at radius 3 is 1.84 bits per heavy atom. The van der Waals surface area contributed by atoms with E-state index in [4.69, 9.17) is 4.74 Å². The molecule has 44 heavy (non-hydrogen) atoms. The highest BCUT2D eigenvalue weighted by Gasteiger charge is 2.20. The Morgan fingerprint density at radius 2 is 1.27 bits per heavy atom. The fourth-order valence-electron chi connectivity index (χ4n) is 4.17. The molecule has 0 saturated carbocycles. The summed E-state index contributed by atoms with van der Waals surface area (Å²) in [5, 5.41) is 24.9. The van der Waals surface area contributed by atoms with Crippen LogP contribution in [-0.2, 0) is 46.6 Å². The molecule has 0 atom stereocenters. The maximum absolute atomic E-state index is 12.7. The second-order valence-electron chi connectivity index (χ2n) is 11.3. The van der Waals surface area contributed by atoms with Crippen molar-refractivity contribution in [3.63, 3.8) is 0 Å². The number of nitrogens with one attached hydrogen (secondary N) is 2. The Kier molecular flexibility index (Phi) is 11.5. The van der Waals surface area contributed by atoms with Crippen LogP contribution in [0.15, 0.2) is 54.6 Å². The highest BCUT2D eigenvalue weighted by molar-refractivity contribution is 7.15. The molecular weight excluding hydrogens is 599 g/mol. The van der Waals surface area contributed by atoms with Crippen molar-refractivity contribution in [2.75, 3.05) is 17.7 Å². The first-order valence-corrected chi connectivity index (χ1v) is 16.0. The first kappa shape index (κ1) is 32.7. The number of rotatable bonds is 13. The van der Waals surface area contributed by atoms with Crippen molar-refractivity contribution >= 4 is 50.8 Å². The number of carbonyl (C=O) groups is 3. The van der Waals surface area contributed by atoms with Gasteiger partial charge in [-0.15, -0.1) is 20.4 Å². The largest absolute Gasteiger partial charge is 0.444 e. The summed E-state index contributed by atoms with van der Waals surface area (Å²) in [6, 6.07) is 17.1. The molecule has 13 heteroatoms. The van der Waals surface area contributed by atoms with Gasteiger partial charge in [0.25, 0.3) is 0 Å². The average molecular weight is 636 g/mol. The van der Waals surface area contributed by atoms with Crippen LogP contribution in [0.3, 0.4) is 0 Å². The Hall–Kier alpha value is -4.23. The zero-order valence-corrected chi connectivity index (χ0v) is 27.0. The third-order valence-electron chi connectivity index (χ3n) is 6.15. The minimum atomic E-state index is -0.565. The minimum absolute atomic E-state index is 0.116. The van der Waals surface area contributed by atoms with Crippen LogP contribution < -0.4 is 10.6 Å². The zero-order chi connectivity index (χ0) is 31.5. The van der Waals surface area contributed by atoms with Gasteiger partial charge >= 0.3 is 6.09 Å². The predicted octanol–water partition coefficient (Wildman–Crippen LogP) is 5.68. The second-order valence-corrected chi connectivity index (χ2v) is 13.4. The Morgan fingerprint density at radius 1 is 0.750 bits per heavy atom. The quantitative estimate of drug-likeness (QED) is 0.179. The molecule has 0 radical (unpaired) electrons. The summed E-state index contributed by atoms with van der Waals surface area (Å²) < 4.78 is 5.41. The van der Waals surface area contributed by atoms with E-state index in [1.807, 2.05) is 75.4 Å². The molecule has 232 valence electrons. The van der Waals surface area contributed by atoms with Gasteiger partial charge in [-0.3, -0.25) is 9.59 Å². The number of amides is 3. The van der Waals surface area contributed by atoms with Crippen LogP contribution in [0.2, 0.25) is 0 Å². The number of carbonyl (C=O) groups excluding carboxylic acids is 3. The molecule has 4 aromatic rings. The minimum Gasteiger partial charge on any atom is -0.444 e. The van der Waals surface area contributed by atoms with Crippen LogP contribution in [0.4, 0.5) is 15.1 Å². The van der Waals surface area contributed by atoms with Crippen LogP contribution in [0, 0.1) is 0 Å². The number of aromatic nitrogens is 4. The number of benzene rings is 2. The molecule has 2 aromatic heterocycles. The summed E-state index contributed by atoms with van der Waals surface area (Å²) in [5.74, 6) is -0.303. The van der Waals surface area contributed by atoms with Gasteiger partial charge in [-0.2, -0.15) is 0 Å². The number of hydrogen-bond acceptors (Lipinski definition) is 10. The standard InChI is InChI=1S/C31H37N7O4S2/c1-31(2,3)42-30(41)38(4)20-23-14-10-13-22(17-23)19-25(40)33-29-37-35-27(44-29)16-9-8-15-26-34-36-28(43-26)32-24(39)18-21-11-6-5-7-12-21/h5-7,10-14,17H,8-9,15-16,18-20H2,1-4H3,(H,32,36,39)(H,33,37,40). The summed E-state index contributed by atoms with van der Waals surface area (Å²) >= 11 is 2.75. The van der Waals surface area contributed by atoms with Gasteiger partial charge in [-0.25, -0.2) is 4.79 Å². The lowest BCUT2D eigenvalue weighted by Crippen LogP contribution is -2.33. The Labute approximate surface area is 265 Å². The Bertz CT molecular complexity index is 1550. The van der Waals surface area contributed by atoms with E-state index >= 15 is 0 Å². The van der Waals surface area contributed by atoms with Gasteiger partial charge in [0.15, 0.2) is 0 Å². The molecule has 4 rings (SSSR count). The van der Waals surface area contributed by atoms with Crippen LogP contribution in [0.5, 0.6) is 0 Å². The van der Waals surface area contributed by atoms with Crippen molar-refractivity contribution in [1.82, 2.24) is 25.3 Å². The topological polar surface area (TPSA) is 139 Å². The van der Waals surface area contributed by atoms with Crippen LogP contribution in [0.1, 0.15) is 60.3 Å². The molecule has 0 fully saturated rings. The van der Waals surface area contributed by atoms with Crippen LogP contribution >= 0.6 is 22.7 Å². The summed E-state index contributed by atoms with van der Waals surface area (Å²) in [4.78, 5) is 38.7. The summed E-state index contributed by atoms with van der Waals surface area (Å²) in [5.41, 5.74) is 2.11. The van der Waals surface area contributed by atoms with Crippen molar-refractivity contribution < 1.29 is 19.1 Å². The number of aryl methyl sites for hydroxylation is 2. The second kappa shape index (κ2) is 15.5. The fraction of sp³-hybridized carbons (Fsp3) is 0.387. The first-order valence-electron chi connectivity index (χ1n) is 14.3. The van der Waals surface area contributed by atoms with Gasteiger partial charge in [0.05, 0.1) is 12.8 Å². The van der Waals surface area contributed by atoms with Crippen molar-refractivity contribution in [3.05, 3.63) is 81.3 Å². The molecule has 0 bridgehead atoms. The molecular formula is C31H37N7O4S2. The van der Waals surface area contributed by atoms with E-state index in [0.717, 1.165) is 52.4 Å². The van der Waals surface area contributed by atoms with Crippen molar-refractivity contribution in [1.29, 1.82) is 0 Å². The highest BCUT2D eigenvalue weighted by atomic mass is 32.1. The number of nitrogens with zero attached hydrogens (tertiary/aromatic N) is 5. The van der Waals surface area contributed by atoms with Gasteiger partial charge in [-0.05, 0) is 50.3 Å². The van der Waals surface area contributed by atoms with Gasteiger partial charge in [0.2, 0.25) is 22.1 Å². The lowest BCUT2D eigenvalue weighted by atomic mass is 10.1. The molecule has 0 aliphatic heterocycles. The molecule has 0 aliphatic rings. The predicted molar refractivity (Wildman–Crippen MR) is 172 cm³/mol. The Balaban J connectivity index is 1.16. The number of anilines is 2. The van der Waals surface area contributed by atoms with Crippen LogP contribution in [0.25, 0.3) is 0 Å². The smallest absolute Gasteiger partial charge is 0.410 e. The lowest BCUT2D eigenvalue weighted by Gasteiger charge is -2.24. The van der Waals surface area contributed by atoms with Gasteiger partial charge < -0.3 is 20.3 Å². The molecule has 0 spiro atoms. The van der Waals surface area contributed by atoms with E-state index in [-0.39, 0.29) is 18.2 Å². The fourth-order valence-corrected chi connectivity index (χ4v) is 5.77. The maximum atomic E-state index is 12.7. The normalized spacial score (nSPS) is 11.2. The molecule has 2 N–H and O–H groups in total. The first-order chi connectivity index (χ1) is 21.0. The van der Waals surface area contributed by atoms with E-state index in [2.05, 4.69) is 31.0 Å². The van der Waals surface area contributed by atoms with E-state index in [1.54, 1.807) is 7.05 Å². The lowest BCUT2D eigenvalue weighted by molar-refractivity contribution is -0.116. The van der Waals surface area contributed by atoms with Crippen LogP contribution in [-0.4, -0.2) is 55.9 Å². The molecule has 0 unspecified atom stereocenters. The van der Waals surface area contributed by atoms with E-state index in [0.29, 0.717) is 23.2 Å². The molecule has 2 aromatic carbocycles. The number of unbranched alkanes of at least 4 members (excludes halogenated alkanes) is 1. The highest BCUT2D eigenvalue weighted by Crippen LogP contribution is 2.21. The number of ether oxygens (including phenoxy) is 1. The molecule has 0 aliphatic carbocycles. The van der Waals surface area contributed by atoms with Gasteiger partial charge in [0.1, 0.15) is 15.6 Å². The van der Waals surface area contributed by atoms with E-state index < -0.39 is 11.7 Å². The third kappa shape index (κ3) is 11.1. The van der Waals surface area contributed by atoms with E-state index in [9.17, 15) is 14.4 Å². The monoisotopic (exact) mass is 635 g/mol. The van der Waals surface area contributed by atoms with Crippen molar-refractivity contribution in [3.8, 4) is 0 Å². The summed E-state index contributed by atoms with van der Waals surface area (Å²) in [7, 11) is 1.68. The van der Waals surface area contributed by atoms with Crippen molar-refractivity contribution in [2.24, 2.45) is 0 Å². The third-order valence-corrected chi connectivity index (χ3v) is 7.94. The molecule has 2 heterocycles. The molecule has 11 nitrogen and oxygen atoms in total. The zero-order valence-electron chi connectivity index (χ0n) is 25.3.